The molecular formula is C9H16N4OS2. The molecule has 0 bridgehead atoms. The third-order valence-electron chi connectivity index (χ3n) is 1.63. The minimum absolute atomic E-state index is 0.0133. The van der Waals surface area contributed by atoms with E-state index in [-0.39, 0.29) is 12.5 Å². The zero-order chi connectivity index (χ0) is 12.4. The Morgan fingerprint density at radius 1 is 1.56 bits per heavy atom. The molecule has 3 N–H and O–H groups in total. The number of nitrogens with one attached hydrogen (secondary N) is 3. The molecule has 7 heteroatoms. The van der Waals surface area contributed by atoms with E-state index in [1.54, 1.807) is 0 Å². The number of amides is 1. The first-order chi connectivity index (χ1) is 7.65. The Morgan fingerprint density at radius 2 is 2.25 bits per heavy atom. The highest BCUT2D eigenvalue weighted by molar-refractivity contribution is 7.98. The van der Waals surface area contributed by atoms with Gasteiger partial charge in [-0.05, 0) is 25.4 Å². The monoisotopic (exact) mass is 260 g/mol. The molecular weight excluding hydrogens is 244 g/mol. The van der Waals surface area contributed by atoms with Crippen molar-refractivity contribution in [1.29, 1.82) is 5.26 Å². The number of nitriles is 1. The van der Waals surface area contributed by atoms with E-state index in [0.717, 1.165) is 0 Å². The quantitative estimate of drug-likeness (QED) is 0.455. The topological polar surface area (TPSA) is 76.9 Å². The maximum atomic E-state index is 11.6. The Bertz CT molecular complexity index is 277. The van der Waals surface area contributed by atoms with Gasteiger partial charge in [0.2, 0.25) is 5.91 Å². The molecule has 0 rings (SSSR count). The van der Waals surface area contributed by atoms with Crippen molar-refractivity contribution in [3.63, 3.8) is 0 Å². The Balaban J connectivity index is 4.20. The number of carbonyl (C=O) groups is 1. The molecule has 5 nitrogen and oxygen atoms in total. The van der Waals surface area contributed by atoms with Crippen LogP contribution in [0.15, 0.2) is 0 Å². The Morgan fingerprint density at radius 3 is 2.75 bits per heavy atom. The maximum absolute atomic E-state index is 11.6. The van der Waals surface area contributed by atoms with Crippen molar-refractivity contribution in [2.24, 2.45) is 0 Å². The number of rotatable bonds is 6. The lowest BCUT2D eigenvalue weighted by molar-refractivity contribution is -0.122. The smallest absolute Gasteiger partial charge is 0.244 e. The second kappa shape index (κ2) is 9.24. The van der Waals surface area contributed by atoms with Gasteiger partial charge in [-0.3, -0.25) is 4.79 Å². The van der Waals surface area contributed by atoms with Gasteiger partial charge in [-0.25, -0.2) is 0 Å². The summed E-state index contributed by atoms with van der Waals surface area (Å²) < 4.78 is 0. The molecule has 0 aromatic carbocycles. The van der Waals surface area contributed by atoms with E-state index in [4.69, 9.17) is 17.5 Å². The summed E-state index contributed by atoms with van der Waals surface area (Å²) in [5, 5.41) is 17.1. The number of hydrogen-bond acceptors (Lipinski definition) is 4. The van der Waals surface area contributed by atoms with E-state index in [1.165, 1.54) is 11.8 Å². The van der Waals surface area contributed by atoms with Gasteiger partial charge in [0.1, 0.15) is 12.6 Å². The molecule has 1 amide bonds. The Hall–Kier alpha value is -1.00. The van der Waals surface area contributed by atoms with Gasteiger partial charge >= 0.3 is 0 Å². The lowest BCUT2D eigenvalue weighted by Crippen LogP contribution is -2.51. The molecule has 0 aliphatic carbocycles. The second-order valence-electron chi connectivity index (χ2n) is 2.89. The average molecular weight is 260 g/mol. The van der Waals surface area contributed by atoms with Gasteiger partial charge in [0.05, 0.1) is 6.07 Å². The number of carbonyl (C=O) groups excluding carboxylic acids is 1. The van der Waals surface area contributed by atoms with Crippen LogP contribution in [0.1, 0.15) is 6.92 Å². The van der Waals surface area contributed by atoms with E-state index >= 15 is 0 Å². The summed E-state index contributed by atoms with van der Waals surface area (Å²) in [5.74, 6) is 0.388. The molecule has 0 aromatic heterocycles. The van der Waals surface area contributed by atoms with Crippen molar-refractivity contribution < 1.29 is 4.79 Å². The normalized spacial score (nSPS) is 11.1. The largest absolute Gasteiger partial charge is 0.363 e. The van der Waals surface area contributed by atoms with E-state index < -0.39 is 6.04 Å². The molecule has 0 fully saturated rings. The van der Waals surface area contributed by atoms with Gasteiger partial charge in [-0.15, -0.1) is 0 Å². The SMILES string of the molecule is CCNC(=S)NC(CSC)C(=O)NCC#N. The third kappa shape index (κ3) is 6.48. The molecule has 0 spiro atoms. The number of nitrogens with zero attached hydrogens (tertiary/aromatic N) is 1. The summed E-state index contributed by atoms with van der Waals surface area (Å²) in [5.41, 5.74) is 0. The standard InChI is InChI=1S/C9H16N4OS2/c1-3-11-9(15)13-7(6-16-2)8(14)12-5-4-10/h7H,3,5-6H2,1-2H3,(H,12,14)(H2,11,13,15). The van der Waals surface area contributed by atoms with E-state index in [1.807, 2.05) is 19.2 Å². The molecule has 16 heavy (non-hydrogen) atoms. The third-order valence-corrected chi connectivity index (χ3v) is 2.56. The van der Waals surface area contributed by atoms with Crippen LogP contribution in [0.5, 0.6) is 0 Å². The van der Waals surface area contributed by atoms with Crippen LogP contribution in [0.25, 0.3) is 0 Å². The molecule has 1 atom stereocenters. The van der Waals surface area contributed by atoms with Crippen LogP contribution < -0.4 is 16.0 Å². The predicted octanol–water partition coefficient (Wildman–Crippen LogP) is -0.158. The fourth-order valence-electron chi connectivity index (χ4n) is 0.969. The summed E-state index contributed by atoms with van der Waals surface area (Å²) in [7, 11) is 0. The molecule has 0 radical (unpaired) electrons. The van der Waals surface area contributed by atoms with Gasteiger partial charge in [0.25, 0.3) is 0 Å². The zero-order valence-corrected chi connectivity index (χ0v) is 11.0. The molecule has 0 heterocycles. The average Bonchev–Trinajstić information content (AvgIpc) is 2.25. The van der Waals surface area contributed by atoms with Crippen LogP contribution in [0.2, 0.25) is 0 Å². The van der Waals surface area contributed by atoms with Crippen LogP contribution in [-0.4, -0.2) is 42.2 Å². The Kier molecular flexibility index (Phi) is 8.66. The molecule has 0 aromatic rings. The molecule has 1 unspecified atom stereocenters. The second-order valence-corrected chi connectivity index (χ2v) is 4.21. The van der Waals surface area contributed by atoms with Crippen LogP contribution >= 0.6 is 24.0 Å². The van der Waals surface area contributed by atoms with Crippen LogP contribution in [0.3, 0.4) is 0 Å². The van der Waals surface area contributed by atoms with Crippen molar-refractivity contribution >= 4 is 35.0 Å². The lowest BCUT2D eigenvalue weighted by atomic mass is 10.3. The Labute approximate surface area is 105 Å². The summed E-state index contributed by atoms with van der Waals surface area (Å²) >= 11 is 6.54. The van der Waals surface area contributed by atoms with E-state index in [9.17, 15) is 4.79 Å². The number of thioether (sulfide) groups is 1. The van der Waals surface area contributed by atoms with Gasteiger partial charge in [0.15, 0.2) is 5.11 Å². The zero-order valence-electron chi connectivity index (χ0n) is 9.37. The van der Waals surface area contributed by atoms with Crippen molar-refractivity contribution in [3.05, 3.63) is 0 Å². The molecule has 90 valence electrons. The van der Waals surface area contributed by atoms with Crippen LogP contribution in [-0.2, 0) is 4.79 Å². The van der Waals surface area contributed by atoms with Crippen molar-refractivity contribution in [2.45, 2.75) is 13.0 Å². The summed E-state index contributed by atoms with van der Waals surface area (Å²) in [6.07, 6.45) is 1.91. The van der Waals surface area contributed by atoms with E-state index in [0.29, 0.717) is 17.4 Å². The molecule has 0 aliphatic rings. The summed E-state index contributed by atoms with van der Waals surface area (Å²) in [4.78, 5) is 11.6. The first kappa shape index (κ1) is 15.0. The number of thiocarbonyl (C=S) groups is 1. The van der Waals surface area contributed by atoms with Crippen LogP contribution in [0.4, 0.5) is 0 Å². The fourth-order valence-corrected chi connectivity index (χ4v) is 1.82. The first-order valence-corrected chi connectivity index (χ1v) is 6.63. The first-order valence-electron chi connectivity index (χ1n) is 4.83. The van der Waals surface area contributed by atoms with Crippen LogP contribution in [0, 0.1) is 11.3 Å². The van der Waals surface area contributed by atoms with Crippen molar-refractivity contribution in [2.75, 3.05) is 25.1 Å². The van der Waals surface area contributed by atoms with E-state index in [2.05, 4.69) is 16.0 Å². The summed E-state index contributed by atoms with van der Waals surface area (Å²) in [6.45, 7) is 2.64. The number of hydrogen-bond donors (Lipinski definition) is 3. The van der Waals surface area contributed by atoms with Gasteiger partial charge in [0, 0.05) is 12.3 Å². The molecule has 0 aliphatic heterocycles. The van der Waals surface area contributed by atoms with Gasteiger partial charge < -0.3 is 16.0 Å². The summed E-state index contributed by atoms with van der Waals surface area (Å²) in [6, 6.07) is 1.45. The molecule has 0 saturated heterocycles. The minimum Gasteiger partial charge on any atom is -0.363 e. The van der Waals surface area contributed by atoms with Gasteiger partial charge in [-0.2, -0.15) is 17.0 Å². The predicted molar refractivity (Wildman–Crippen MR) is 70.2 cm³/mol. The van der Waals surface area contributed by atoms with Gasteiger partial charge in [-0.1, -0.05) is 0 Å². The van der Waals surface area contributed by atoms with Crippen molar-refractivity contribution in [1.82, 2.24) is 16.0 Å². The highest BCUT2D eigenvalue weighted by Crippen LogP contribution is 1.97. The maximum Gasteiger partial charge on any atom is 0.244 e. The van der Waals surface area contributed by atoms with Crippen molar-refractivity contribution in [3.8, 4) is 6.07 Å². The lowest BCUT2D eigenvalue weighted by Gasteiger charge is -2.18. The highest BCUT2D eigenvalue weighted by Gasteiger charge is 2.17. The highest BCUT2D eigenvalue weighted by atomic mass is 32.2. The minimum atomic E-state index is -0.408. The molecule has 0 saturated carbocycles. The fraction of sp³-hybridized carbons (Fsp3) is 0.667.